The van der Waals surface area contributed by atoms with Crippen LogP contribution in [-0.4, -0.2) is 19.1 Å². The fourth-order valence-corrected chi connectivity index (χ4v) is 2.81. The van der Waals surface area contributed by atoms with E-state index in [-0.39, 0.29) is 11.9 Å². The van der Waals surface area contributed by atoms with Crippen molar-refractivity contribution in [2.24, 2.45) is 5.92 Å². The van der Waals surface area contributed by atoms with Crippen LogP contribution >= 0.6 is 0 Å². The molecular weight excluding hydrogens is 326 g/mol. The molecule has 0 heterocycles. The van der Waals surface area contributed by atoms with Gasteiger partial charge in [0.15, 0.2) is 6.10 Å². The van der Waals surface area contributed by atoms with Crippen LogP contribution in [0.1, 0.15) is 44.4 Å². The highest BCUT2D eigenvalue weighted by molar-refractivity contribution is 5.81. The smallest absolute Gasteiger partial charge is 0.261 e. The summed E-state index contributed by atoms with van der Waals surface area (Å²) in [6, 6.07) is 15.5. The number of benzene rings is 2. The average molecular weight is 355 g/mol. The molecule has 140 valence electrons. The summed E-state index contributed by atoms with van der Waals surface area (Å²) in [6.45, 7) is 8.05. The largest absolute Gasteiger partial charge is 0.497 e. The van der Waals surface area contributed by atoms with Gasteiger partial charge < -0.3 is 14.8 Å². The lowest BCUT2D eigenvalue weighted by atomic mass is 9.96. The molecular formula is C22H29NO3. The molecule has 0 bridgehead atoms. The lowest BCUT2D eigenvalue weighted by molar-refractivity contribution is -0.128. The van der Waals surface area contributed by atoms with E-state index in [0.29, 0.717) is 5.92 Å². The van der Waals surface area contributed by atoms with E-state index in [9.17, 15) is 4.79 Å². The Labute approximate surface area is 156 Å². The summed E-state index contributed by atoms with van der Waals surface area (Å²) >= 11 is 0. The van der Waals surface area contributed by atoms with Gasteiger partial charge in [0, 0.05) is 0 Å². The van der Waals surface area contributed by atoms with Crippen LogP contribution in [0.5, 0.6) is 11.5 Å². The zero-order valence-corrected chi connectivity index (χ0v) is 16.3. The molecule has 0 spiro atoms. The molecule has 2 aromatic carbocycles. The molecule has 0 radical (unpaired) electrons. The second-order valence-electron chi connectivity index (χ2n) is 6.99. The molecule has 0 fully saturated rings. The molecule has 0 saturated carbocycles. The first-order valence-corrected chi connectivity index (χ1v) is 9.07. The van der Waals surface area contributed by atoms with Crippen molar-refractivity contribution in [2.45, 2.75) is 46.3 Å². The van der Waals surface area contributed by atoms with Gasteiger partial charge in [-0.1, -0.05) is 44.2 Å². The third kappa shape index (κ3) is 5.51. The summed E-state index contributed by atoms with van der Waals surface area (Å²) in [5.74, 6) is 1.88. The highest BCUT2D eigenvalue weighted by Gasteiger charge is 2.21. The molecule has 0 aliphatic carbocycles. The van der Waals surface area contributed by atoms with E-state index in [1.165, 1.54) is 0 Å². The standard InChI is InChI=1S/C22H29NO3/c1-15(2)14-20(18-10-12-19(25-5)13-11-18)23-22(24)17(4)26-21-9-7-6-8-16(21)3/h6-13,15,17,20H,14H2,1-5H3,(H,23,24)/t17-,20+/m1/s1. The maximum atomic E-state index is 12.7. The highest BCUT2D eigenvalue weighted by atomic mass is 16.5. The second-order valence-corrected chi connectivity index (χ2v) is 6.99. The number of hydrogen-bond donors (Lipinski definition) is 1. The van der Waals surface area contributed by atoms with Crippen LogP contribution in [0.15, 0.2) is 48.5 Å². The van der Waals surface area contributed by atoms with Gasteiger partial charge in [-0.25, -0.2) is 0 Å². The van der Waals surface area contributed by atoms with Crippen molar-refractivity contribution in [3.05, 3.63) is 59.7 Å². The first-order chi connectivity index (χ1) is 12.4. The summed E-state index contributed by atoms with van der Waals surface area (Å²) < 4.78 is 11.1. The van der Waals surface area contributed by atoms with E-state index in [1.54, 1.807) is 14.0 Å². The Morgan fingerprint density at radius 2 is 1.69 bits per heavy atom. The molecule has 2 atom stereocenters. The maximum Gasteiger partial charge on any atom is 0.261 e. The minimum Gasteiger partial charge on any atom is -0.497 e. The lowest BCUT2D eigenvalue weighted by Gasteiger charge is -2.24. The Morgan fingerprint density at radius 3 is 2.27 bits per heavy atom. The Kier molecular flexibility index (Phi) is 7.07. The van der Waals surface area contributed by atoms with Crippen molar-refractivity contribution in [3.63, 3.8) is 0 Å². The molecule has 0 aromatic heterocycles. The van der Waals surface area contributed by atoms with Crippen LogP contribution in [0.4, 0.5) is 0 Å². The molecule has 4 nitrogen and oxygen atoms in total. The molecule has 2 aromatic rings. The van der Waals surface area contributed by atoms with E-state index in [0.717, 1.165) is 29.0 Å². The Balaban J connectivity index is 2.08. The van der Waals surface area contributed by atoms with Gasteiger partial charge in [-0.3, -0.25) is 4.79 Å². The zero-order valence-electron chi connectivity index (χ0n) is 16.3. The number of rotatable bonds is 8. The van der Waals surface area contributed by atoms with Gasteiger partial charge in [0.05, 0.1) is 13.2 Å². The fraction of sp³-hybridized carbons (Fsp3) is 0.409. The molecule has 0 saturated heterocycles. The van der Waals surface area contributed by atoms with E-state index < -0.39 is 6.10 Å². The number of methoxy groups -OCH3 is 1. The quantitative estimate of drug-likeness (QED) is 0.748. The Hall–Kier alpha value is -2.49. The van der Waals surface area contributed by atoms with Crippen molar-refractivity contribution in [2.75, 3.05) is 7.11 Å². The minimum absolute atomic E-state index is 0.0590. The van der Waals surface area contributed by atoms with Crippen molar-refractivity contribution < 1.29 is 14.3 Å². The fourth-order valence-electron chi connectivity index (χ4n) is 2.81. The lowest BCUT2D eigenvalue weighted by Crippen LogP contribution is -2.39. The number of para-hydroxylation sites is 1. The summed E-state index contributed by atoms with van der Waals surface area (Å²) in [5.41, 5.74) is 2.08. The zero-order chi connectivity index (χ0) is 19.1. The predicted molar refractivity (Wildman–Crippen MR) is 105 cm³/mol. The van der Waals surface area contributed by atoms with E-state index >= 15 is 0 Å². The monoisotopic (exact) mass is 355 g/mol. The van der Waals surface area contributed by atoms with E-state index in [2.05, 4.69) is 19.2 Å². The summed E-state index contributed by atoms with van der Waals surface area (Å²) in [5, 5.41) is 3.14. The number of nitrogens with one attached hydrogen (secondary N) is 1. The van der Waals surface area contributed by atoms with E-state index in [4.69, 9.17) is 9.47 Å². The highest BCUT2D eigenvalue weighted by Crippen LogP contribution is 2.24. The van der Waals surface area contributed by atoms with Crippen molar-refractivity contribution in [1.82, 2.24) is 5.32 Å². The van der Waals surface area contributed by atoms with Crippen LogP contribution in [0, 0.1) is 12.8 Å². The van der Waals surface area contributed by atoms with Crippen LogP contribution in [0.3, 0.4) is 0 Å². The molecule has 26 heavy (non-hydrogen) atoms. The van der Waals surface area contributed by atoms with Crippen LogP contribution in [0.2, 0.25) is 0 Å². The predicted octanol–water partition coefficient (Wildman–Crippen LogP) is 4.67. The number of ether oxygens (including phenoxy) is 2. The van der Waals surface area contributed by atoms with Crippen LogP contribution in [0.25, 0.3) is 0 Å². The first-order valence-electron chi connectivity index (χ1n) is 9.07. The van der Waals surface area contributed by atoms with Crippen molar-refractivity contribution in [1.29, 1.82) is 0 Å². The third-order valence-electron chi connectivity index (χ3n) is 4.31. The molecule has 0 aliphatic heterocycles. The number of carbonyl (C=O) groups excluding carboxylic acids is 1. The molecule has 1 amide bonds. The molecule has 2 rings (SSSR count). The van der Waals surface area contributed by atoms with E-state index in [1.807, 2.05) is 55.5 Å². The third-order valence-corrected chi connectivity index (χ3v) is 4.31. The molecule has 0 aliphatic rings. The molecule has 0 unspecified atom stereocenters. The summed E-state index contributed by atoms with van der Waals surface area (Å²) in [7, 11) is 1.65. The SMILES string of the molecule is COc1ccc([C@H](CC(C)C)NC(=O)[C@@H](C)Oc2ccccc2C)cc1. The second kappa shape index (κ2) is 9.27. The number of carbonyl (C=O) groups is 1. The van der Waals surface area contributed by atoms with Crippen LogP contribution in [-0.2, 0) is 4.79 Å². The van der Waals surface area contributed by atoms with Gasteiger partial charge in [0.25, 0.3) is 5.91 Å². The van der Waals surface area contributed by atoms with Crippen molar-refractivity contribution in [3.8, 4) is 11.5 Å². The summed E-state index contributed by atoms with van der Waals surface area (Å²) in [6.07, 6.45) is 0.291. The van der Waals surface area contributed by atoms with Gasteiger partial charge in [-0.15, -0.1) is 0 Å². The van der Waals surface area contributed by atoms with Gasteiger partial charge in [-0.2, -0.15) is 0 Å². The number of aryl methyl sites for hydroxylation is 1. The summed E-state index contributed by atoms with van der Waals surface area (Å²) in [4.78, 5) is 12.7. The van der Waals surface area contributed by atoms with Gasteiger partial charge in [0.2, 0.25) is 0 Å². The van der Waals surface area contributed by atoms with Gasteiger partial charge >= 0.3 is 0 Å². The topological polar surface area (TPSA) is 47.6 Å². The van der Waals surface area contributed by atoms with Gasteiger partial charge in [0.1, 0.15) is 11.5 Å². The van der Waals surface area contributed by atoms with Crippen molar-refractivity contribution >= 4 is 5.91 Å². The Bertz CT molecular complexity index is 710. The number of hydrogen-bond acceptors (Lipinski definition) is 3. The number of amides is 1. The Morgan fingerprint density at radius 1 is 1.04 bits per heavy atom. The first kappa shape index (κ1) is 19.8. The molecule has 4 heteroatoms. The minimum atomic E-state index is -0.566. The molecule has 1 N–H and O–H groups in total. The van der Waals surface area contributed by atoms with Gasteiger partial charge in [-0.05, 0) is 55.5 Å². The maximum absolute atomic E-state index is 12.7. The van der Waals surface area contributed by atoms with Crippen LogP contribution < -0.4 is 14.8 Å². The average Bonchev–Trinajstić information content (AvgIpc) is 2.62. The normalized spacial score (nSPS) is 13.2.